The van der Waals surface area contributed by atoms with E-state index < -0.39 is 8.56 Å². The van der Waals surface area contributed by atoms with Crippen LogP contribution in [0.25, 0.3) is 0 Å². The monoisotopic (exact) mass is 233 g/mol. The molecule has 0 spiro atoms. The summed E-state index contributed by atoms with van der Waals surface area (Å²) in [6, 6.07) is 0. The van der Waals surface area contributed by atoms with Gasteiger partial charge in [0, 0.05) is 32.9 Å². The summed E-state index contributed by atoms with van der Waals surface area (Å²) >= 11 is 0. The zero-order valence-electron chi connectivity index (χ0n) is 10.2. The maximum absolute atomic E-state index is 5.79. The summed E-state index contributed by atoms with van der Waals surface area (Å²) in [4.78, 5) is 0. The van der Waals surface area contributed by atoms with Crippen molar-refractivity contribution >= 4 is 8.56 Å². The molecule has 0 aromatic rings. The highest BCUT2D eigenvalue weighted by Gasteiger charge is 2.43. The van der Waals surface area contributed by atoms with Crippen molar-refractivity contribution in [3.05, 3.63) is 0 Å². The number of nitrogens with one attached hydrogen (secondary N) is 1. The standard InChI is InChI=1S/C10H23NO3Si/c1-5-10(15(4,12-2)13-3)9-8-11-6-7-14-9/h9-11H,5-8H2,1-4H3. The molecule has 0 saturated carbocycles. The van der Waals surface area contributed by atoms with Gasteiger partial charge in [0.05, 0.1) is 12.7 Å². The van der Waals surface area contributed by atoms with E-state index in [9.17, 15) is 0 Å². The molecule has 1 saturated heterocycles. The van der Waals surface area contributed by atoms with Crippen LogP contribution >= 0.6 is 0 Å². The summed E-state index contributed by atoms with van der Waals surface area (Å²) < 4.78 is 17.0. The fraction of sp³-hybridized carbons (Fsp3) is 1.00. The van der Waals surface area contributed by atoms with Gasteiger partial charge < -0.3 is 18.9 Å². The van der Waals surface area contributed by atoms with E-state index in [0.29, 0.717) is 5.54 Å². The maximum atomic E-state index is 5.79. The summed E-state index contributed by atoms with van der Waals surface area (Å²) in [5.74, 6) is 0. The summed E-state index contributed by atoms with van der Waals surface area (Å²) in [6.45, 7) is 6.93. The molecular formula is C10H23NO3Si. The zero-order chi connectivity index (χ0) is 11.3. The van der Waals surface area contributed by atoms with Gasteiger partial charge in [-0.2, -0.15) is 0 Å². The summed E-state index contributed by atoms with van der Waals surface area (Å²) in [7, 11) is 1.41. The van der Waals surface area contributed by atoms with E-state index in [1.807, 2.05) is 0 Å². The lowest BCUT2D eigenvalue weighted by molar-refractivity contribution is 0.0129. The van der Waals surface area contributed by atoms with Crippen LogP contribution in [0.4, 0.5) is 0 Å². The van der Waals surface area contributed by atoms with Crippen molar-refractivity contribution in [1.82, 2.24) is 5.32 Å². The Morgan fingerprint density at radius 3 is 2.53 bits per heavy atom. The van der Waals surface area contributed by atoms with Crippen molar-refractivity contribution in [2.24, 2.45) is 0 Å². The predicted molar refractivity (Wildman–Crippen MR) is 62.3 cm³/mol. The van der Waals surface area contributed by atoms with Gasteiger partial charge in [-0.3, -0.25) is 0 Å². The first-order valence-electron chi connectivity index (χ1n) is 5.60. The number of ether oxygens (including phenoxy) is 1. The molecule has 5 heteroatoms. The quantitative estimate of drug-likeness (QED) is 0.722. The highest BCUT2D eigenvalue weighted by Crippen LogP contribution is 2.32. The molecule has 4 nitrogen and oxygen atoms in total. The van der Waals surface area contributed by atoms with Gasteiger partial charge in [-0.1, -0.05) is 6.92 Å². The van der Waals surface area contributed by atoms with Gasteiger partial charge >= 0.3 is 8.56 Å². The van der Waals surface area contributed by atoms with Crippen LogP contribution in [0.1, 0.15) is 13.3 Å². The van der Waals surface area contributed by atoms with Gasteiger partial charge in [0.2, 0.25) is 0 Å². The Morgan fingerprint density at radius 1 is 1.47 bits per heavy atom. The molecule has 1 rings (SSSR count). The van der Waals surface area contributed by atoms with Gasteiger partial charge in [0.15, 0.2) is 0 Å². The van der Waals surface area contributed by atoms with Crippen LogP contribution < -0.4 is 5.32 Å². The van der Waals surface area contributed by atoms with E-state index in [1.165, 1.54) is 0 Å². The molecule has 1 fully saturated rings. The van der Waals surface area contributed by atoms with Crippen molar-refractivity contribution in [3.8, 4) is 0 Å². The number of rotatable bonds is 5. The maximum Gasteiger partial charge on any atom is 0.340 e. The molecule has 1 aliphatic rings. The Morgan fingerprint density at radius 2 is 2.13 bits per heavy atom. The smallest absolute Gasteiger partial charge is 0.340 e. The SMILES string of the molecule is CCC(C1CNCCO1)[Si](C)(OC)OC. The van der Waals surface area contributed by atoms with Crippen LogP contribution in [-0.2, 0) is 13.6 Å². The average Bonchev–Trinajstić information content (AvgIpc) is 2.31. The Kier molecular flexibility index (Phi) is 5.21. The molecule has 0 amide bonds. The zero-order valence-corrected chi connectivity index (χ0v) is 11.2. The highest BCUT2D eigenvalue weighted by atomic mass is 28.4. The second-order valence-corrected chi connectivity index (χ2v) is 7.64. The number of hydrogen-bond donors (Lipinski definition) is 1. The molecule has 1 heterocycles. The highest BCUT2D eigenvalue weighted by molar-refractivity contribution is 6.67. The minimum atomic E-state index is -2.08. The molecule has 0 aromatic heterocycles. The van der Waals surface area contributed by atoms with Crippen LogP contribution in [-0.4, -0.2) is 48.6 Å². The Labute approximate surface area is 93.5 Å². The first-order valence-corrected chi connectivity index (χ1v) is 8.00. The van der Waals surface area contributed by atoms with Crippen molar-refractivity contribution in [3.63, 3.8) is 0 Å². The molecule has 0 aliphatic carbocycles. The van der Waals surface area contributed by atoms with Crippen molar-refractivity contribution < 1.29 is 13.6 Å². The molecule has 0 radical (unpaired) electrons. The first-order chi connectivity index (χ1) is 7.18. The van der Waals surface area contributed by atoms with Crippen LogP contribution in [0.5, 0.6) is 0 Å². The molecule has 90 valence electrons. The predicted octanol–water partition coefficient (Wildman–Crippen LogP) is 1.12. The van der Waals surface area contributed by atoms with E-state index in [-0.39, 0.29) is 6.10 Å². The van der Waals surface area contributed by atoms with Crippen LogP contribution in [0.3, 0.4) is 0 Å². The minimum absolute atomic E-state index is 0.236. The van der Waals surface area contributed by atoms with Gasteiger partial charge in [-0.25, -0.2) is 0 Å². The molecule has 1 N–H and O–H groups in total. The van der Waals surface area contributed by atoms with Gasteiger partial charge in [-0.15, -0.1) is 0 Å². The van der Waals surface area contributed by atoms with Crippen LogP contribution in [0.15, 0.2) is 0 Å². The molecular weight excluding hydrogens is 210 g/mol. The topological polar surface area (TPSA) is 39.7 Å². The lowest BCUT2D eigenvalue weighted by Crippen LogP contribution is -2.52. The minimum Gasteiger partial charge on any atom is -0.398 e. The van der Waals surface area contributed by atoms with E-state index in [2.05, 4.69) is 18.8 Å². The third-order valence-corrected chi connectivity index (χ3v) is 7.08. The number of morpholine rings is 1. The van der Waals surface area contributed by atoms with Gasteiger partial charge in [-0.05, 0) is 13.0 Å². The van der Waals surface area contributed by atoms with Crippen LogP contribution in [0, 0.1) is 0 Å². The van der Waals surface area contributed by atoms with E-state index in [1.54, 1.807) is 14.2 Å². The van der Waals surface area contributed by atoms with Crippen molar-refractivity contribution in [1.29, 1.82) is 0 Å². The molecule has 15 heavy (non-hydrogen) atoms. The van der Waals surface area contributed by atoms with E-state index in [0.717, 1.165) is 26.1 Å². The normalized spacial score (nSPS) is 25.2. The molecule has 2 unspecified atom stereocenters. The summed E-state index contributed by atoms with van der Waals surface area (Å²) in [5.41, 5.74) is 0.389. The lowest BCUT2D eigenvalue weighted by Gasteiger charge is -2.38. The second kappa shape index (κ2) is 5.96. The second-order valence-electron chi connectivity index (χ2n) is 4.05. The summed E-state index contributed by atoms with van der Waals surface area (Å²) in [5, 5.41) is 3.36. The van der Waals surface area contributed by atoms with Gasteiger partial charge in [0.25, 0.3) is 0 Å². The third kappa shape index (κ3) is 3.01. The fourth-order valence-electron chi connectivity index (χ4n) is 2.20. The fourth-order valence-corrected chi connectivity index (χ4v) is 4.60. The lowest BCUT2D eigenvalue weighted by atomic mass is 10.2. The Balaban J connectivity index is 2.67. The summed E-state index contributed by atoms with van der Waals surface area (Å²) in [6.07, 6.45) is 1.27. The van der Waals surface area contributed by atoms with Gasteiger partial charge in [0.1, 0.15) is 0 Å². The Bertz CT molecular complexity index is 182. The van der Waals surface area contributed by atoms with Crippen molar-refractivity contribution in [2.45, 2.75) is 31.5 Å². The molecule has 2 atom stereocenters. The molecule has 1 aliphatic heterocycles. The van der Waals surface area contributed by atoms with Crippen LogP contribution in [0.2, 0.25) is 12.1 Å². The third-order valence-electron chi connectivity index (χ3n) is 3.33. The van der Waals surface area contributed by atoms with E-state index in [4.69, 9.17) is 13.6 Å². The average molecular weight is 233 g/mol. The first kappa shape index (κ1) is 13.1. The van der Waals surface area contributed by atoms with E-state index >= 15 is 0 Å². The van der Waals surface area contributed by atoms with Crippen molar-refractivity contribution in [2.75, 3.05) is 33.9 Å². The Hall–Kier alpha value is 0.0569. The molecule has 0 bridgehead atoms. The number of hydrogen-bond acceptors (Lipinski definition) is 4. The largest absolute Gasteiger partial charge is 0.398 e. The molecule has 0 aromatic carbocycles.